The minimum atomic E-state index is -4.03. The summed E-state index contributed by atoms with van der Waals surface area (Å²) in [5.74, 6) is -2.35. The average molecular weight is 376 g/mol. The Balaban J connectivity index is 2.24. The first-order chi connectivity index (χ1) is 11.2. The Labute approximate surface area is 144 Å². The van der Waals surface area contributed by atoms with Crippen molar-refractivity contribution >= 4 is 21.6 Å². The molecule has 2 rings (SSSR count). The van der Waals surface area contributed by atoms with Crippen molar-refractivity contribution in [1.29, 1.82) is 0 Å². The van der Waals surface area contributed by atoms with Crippen LogP contribution in [0.1, 0.15) is 12.5 Å². The first kappa shape index (κ1) is 18.8. The summed E-state index contributed by atoms with van der Waals surface area (Å²) >= 11 is 5.95. The van der Waals surface area contributed by atoms with Gasteiger partial charge in [-0.1, -0.05) is 23.7 Å². The van der Waals surface area contributed by atoms with Gasteiger partial charge in [-0.2, -0.15) is 0 Å². The van der Waals surface area contributed by atoms with Crippen LogP contribution in [0.2, 0.25) is 5.02 Å². The number of sulfonamides is 1. The van der Waals surface area contributed by atoms with Crippen molar-refractivity contribution in [2.75, 3.05) is 13.7 Å². The third-order valence-electron chi connectivity index (χ3n) is 3.69. The third kappa shape index (κ3) is 4.10. The molecule has 0 amide bonds. The Morgan fingerprint density at radius 3 is 2.46 bits per heavy atom. The lowest BCUT2D eigenvalue weighted by atomic mass is 9.96. The molecule has 0 radical (unpaired) electrons. The lowest BCUT2D eigenvalue weighted by Crippen LogP contribution is -2.40. The molecule has 0 aliphatic heterocycles. The van der Waals surface area contributed by atoms with E-state index in [-0.39, 0.29) is 11.4 Å². The molecule has 0 aliphatic carbocycles. The van der Waals surface area contributed by atoms with Crippen LogP contribution >= 0.6 is 11.6 Å². The summed E-state index contributed by atoms with van der Waals surface area (Å²) in [5.41, 5.74) is -0.318. The lowest BCUT2D eigenvalue weighted by molar-refractivity contribution is 0.00699. The first-order valence-electron chi connectivity index (χ1n) is 6.94. The summed E-state index contributed by atoms with van der Waals surface area (Å²) < 4.78 is 58.5. The number of halogens is 3. The van der Waals surface area contributed by atoms with Gasteiger partial charge in [0.2, 0.25) is 10.0 Å². The zero-order valence-corrected chi connectivity index (χ0v) is 14.6. The predicted octanol–water partition coefficient (Wildman–Crippen LogP) is 3.46. The molecule has 0 heterocycles. The molecule has 0 fully saturated rings. The van der Waals surface area contributed by atoms with E-state index in [1.165, 1.54) is 7.11 Å². The fourth-order valence-electron chi connectivity index (χ4n) is 2.07. The lowest BCUT2D eigenvalue weighted by Gasteiger charge is -2.29. The van der Waals surface area contributed by atoms with Crippen LogP contribution < -0.4 is 4.72 Å². The molecular formula is C16H16ClF2NO3S. The molecule has 4 nitrogen and oxygen atoms in total. The number of nitrogens with one attached hydrogen (secondary N) is 1. The molecule has 1 atom stereocenters. The standard InChI is InChI=1S/C16H16ClF2NO3S/c1-16(23-2,11-4-3-5-12(17)8-11)10-20-24(21,22)13-6-7-14(18)15(19)9-13/h3-9,20H,10H2,1-2H3. The van der Waals surface area contributed by atoms with Gasteiger partial charge in [-0.25, -0.2) is 21.9 Å². The highest BCUT2D eigenvalue weighted by molar-refractivity contribution is 7.89. The van der Waals surface area contributed by atoms with E-state index in [1.54, 1.807) is 31.2 Å². The Hall–Kier alpha value is -1.54. The monoisotopic (exact) mass is 375 g/mol. The highest BCUT2D eigenvalue weighted by atomic mass is 35.5. The van der Waals surface area contributed by atoms with Crippen LogP contribution in [0.3, 0.4) is 0 Å². The van der Waals surface area contributed by atoms with Gasteiger partial charge in [0.05, 0.1) is 4.90 Å². The molecule has 0 spiro atoms. The summed E-state index contributed by atoms with van der Waals surface area (Å²) in [5, 5.41) is 0.485. The second kappa shape index (κ2) is 7.14. The van der Waals surface area contributed by atoms with E-state index in [1.807, 2.05) is 0 Å². The number of benzene rings is 2. The van der Waals surface area contributed by atoms with E-state index in [0.29, 0.717) is 16.7 Å². The van der Waals surface area contributed by atoms with Crippen molar-refractivity contribution < 1.29 is 21.9 Å². The summed E-state index contributed by atoms with van der Waals surface area (Å²) in [6.07, 6.45) is 0. The van der Waals surface area contributed by atoms with Crippen molar-refractivity contribution in [1.82, 2.24) is 4.72 Å². The largest absolute Gasteiger partial charge is 0.372 e. The van der Waals surface area contributed by atoms with E-state index in [2.05, 4.69) is 4.72 Å². The van der Waals surface area contributed by atoms with Crippen LogP contribution in [0.15, 0.2) is 47.4 Å². The third-order valence-corrected chi connectivity index (χ3v) is 5.32. The predicted molar refractivity (Wildman–Crippen MR) is 87.4 cm³/mol. The molecule has 0 aliphatic rings. The van der Waals surface area contributed by atoms with Crippen LogP contribution in [0, 0.1) is 11.6 Å². The Morgan fingerprint density at radius 1 is 1.17 bits per heavy atom. The molecule has 130 valence electrons. The normalized spacial score (nSPS) is 14.4. The van der Waals surface area contributed by atoms with E-state index in [4.69, 9.17) is 16.3 Å². The SMILES string of the molecule is COC(C)(CNS(=O)(=O)c1ccc(F)c(F)c1)c1cccc(Cl)c1. The fraction of sp³-hybridized carbons (Fsp3) is 0.250. The van der Waals surface area contributed by atoms with E-state index in [9.17, 15) is 17.2 Å². The minimum Gasteiger partial charge on any atom is -0.372 e. The molecular weight excluding hydrogens is 360 g/mol. The van der Waals surface area contributed by atoms with Crippen molar-refractivity contribution in [2.24, 2.45) is 0 Å². The second-order valence-electron chi connectivity index (χ2n) is 5.35. The van der Waals surface area contributed by atoms with Crippen LogP contribution in [0.25, 0.3) is 0 Å². The highest BCUT2D eigenvalue weighted by Crippen LogP contribution is 2.27. The van der Waals surface area contributed by atoms with Crippen LogP contribution in [-0.2, 0) is 20.4 Å². The summed E-state index contributed by atoms with van der Waals surface area (Å²) in [4.78, 5) is -0.369. The van der Waals surface area contributed by atoms with Crippen molar-refractivity contribution in [2.45, 2.75) is 17.4 Å². The molecule has 2 aromatic rings. The summed E-state index contributed by atoms with van der Waals surface area (Å²) in [7, 11) is -2.59. The van der Waals surface area contributed by atoms with Gasteiger partial charge in [0, 0.05) is 18.7 Å². The maximum atomic E-state index is 13.3. The van der Waals surface area contributed by atoms with Gasteiger partial charge in [-0.05, 0) is 42.8 Å². The molecule has 0 bridgehead atoms. The Morgan fingerprint density at radius 2 is 1.88 bits per heavy atom. The van der Waals surface area contributed by atoms with E-state index >= 15 is 0 Å². The van der Waals surface area contributed by atoms with Crippen LogP contribution in [0.4, 0.5) is 8.78 Å². The maximum absolute atomic E-state index is 13.3. The van der Waals surface area contributed by atoms with Crippen LogP contribution in [-0.4, -0.2) is 22.1 Å². The smallest absolute Gasteiger partial charge is 0.240 e. The fourth-order valence-corrected chi connectivity index (χ4v) is 3.40. The molecule has 1 unspecified atom stereocenters. The molecule has 8 heteroatoms. The van der Waals surface area contributed by atoms with Crippen molar-refractivity contribution in [3.63, 3.8) is 0 Å². The molecule has 0 saturated carbocycles. The Kier molecular flexibility index (Phi) is 5.59. The van der Waals surface area contributed by atoms with Gasteiger partial charge in [0.25, 0.3) is 0 Å². The number of hydrogen-bond acceptors (Lipinski definition) is 3. The quantitative estimate of drug-likeness (QED) is 0.841. The topological polar surface area (TPSA) is 55.4 Å². The first-order valence-corrected chi connectivity index (χ1v) is 8.80. The number of ether oxygens (including phenoxy) is 1. The van der Waals surface area contributed by atoms with Crippen LogP contribution in [0.5, 0.6) is 0 Å². The van der Waals surface area contributed by atoms with Crippen molar-refractivity contribution in [3.8, 4) is 0 Å². The zero-order chi connectivity index (χ0) is 18.0. The van der Waals surface area contributed by atoms with Gasteiger partial charge in [0.1, 0.15) is 5.60 Å². The number of methoxy groups -OCH3 is 1. The highest BCUT2D eigenvalue weighted by Gasteiger charge is 2.29. The molecule has 1 N–H and O–H groups in total. The van der Waals surface area contributed by atoms with Gasteiger partial charge >= 0.3 is 0 Å². The van der Waals surface area contributed by atoms with Gasteiger partial charge in [-0.3, -0.25) is 0 Å². The van der Waals surface area contributed by atoms with Gasteiger partial charge in [0.15, 0.2) is 11.6 Å². The van der Waals surface area contributed by atoms with Gasteiger partial charge < -0.3 is 4.74 Å². The summed E-state index contributed by atoms with van der Waals surface area (Å²) in [6, 6.07) is 9.20. The number of hydrogen-bond donors (Lipinski definition) is 1. The zero-order valence-electron chi connectivity index (χ0n) is 13.0. The van der Waals surface area contributed by atoms with Crippen molar-refractivity contribution in [3.05, 3.63) is 64.7 Å². The molecule has 24 heavy (non-hydrogen) atoms. The van der Waals surface area contributed by atoms with E-state index < -0.39 is 27.3 Å². The Bertz CT molecular complexity index is 845. The van der Waals surface area contributed by atoms with E-state index in [0.717, 1.165) is 12.1 Å². The molecule has 2 aromatic carbocycles. The van der Waals surface area contributed by atoms with Gasteiger partial charge in [-0.15, -0.1) is 0 Å². The minimum absolute atomic E-state index is 0.120. The average Bonchev–Trinajstić information content (AvgIpc) is 2.55. The second-order valence-corrected chi connectivity index (χ2v) is 7.55. The summed E-state index contributed by atoms with van der Waals surface area (Å²) in [6.45, 7) is 1.57. The molecule has 0 aromatic heterocycles. The number of rotatable bonds is 6. The molecule has 0 saturated heterocycles. The maximum Gasteiger partial charge on any atom is 0.240 e.